The van der Waals surface area contributed by atoms with Gasteiger partial charge in [0.15, 0.2) is 5.13 Å². The van der Waals surface area contributed by atoms with Crippen LogP contribution in [-0.2, 0) is 4.79 Å². The molecule has 0 aliphatic carbocycles. The molecule has 0 saturated carbocycles. The first kappa shape index (κ1) is 25.7. The largest absolute Gasteiger partial charge is 0.367 e. The smallest absolute Gasteiger partial charge is 0.210 e. The zero-order valence-electron chi connectivity index (χ0n) is 21.3. The Morgan fingerprint density at radius 1 is 1.05 bits per heavy atom. The standard InChI is InChI=1S/C14H14N4S2.C13H16N2OS/c1-8-4-5-12(15-6-8)18-14-17-11(7-19-14)13-9(2)16-10(3)20-13;1-17-13-4-2-10(3-5-13)14-7-11-6-12(8-14)15(11)9-16/h4-7H,1-3H3,(H,15,17,18);2-5,9,11-12H,6-8H2,1H3/t;11-,12+. The molecule has 1 N–H and O–H groups in total. The number of aromatic nitrogens is 3. The molecule has 4 aromatic rings. The highest BCUT2D eigenvalue weighted by atomic mass is 32.2. The van der Waals surface area contributed by atoms with Gasteiger partial charge in [0.25, 0.3) is 0 Å². The van der Waals surface area contributed by atoms with E-state index < -0.39 is 0 Å². The van der Waals surface area contributed by atoms with Crippen LogP contribution in [0, 0.1) is 20.8 Å². The van der Waals surface area contributed by atoms with E-state index in [-0.39, 0.29) is 0 Å². The summed E-state index contributed by atoms with van der Waals surface area (Å²) in [5, 5.41) is 7.20. The van der Waals surface area contributed by atoms with Crippen molar-refractivity contribution in [3.63, 3.8) is 0 Å². The Kier molecular flexibility index (Phi) is 7.78. The van der Waals surface area contributed by atoms with Crippen LogP contribution in [0.3, 0.4) is 0 Å². The van der Waals surface area contributed by atoms with Gasteiger partial charge in [0.2, 0.25) is 6.41 Å². The maximum absolute atomic E-state index is 10.8. The zero-order valence-corrected chi connectivity index (χ0v) is 23.8. The first-order valence-corrected chi connectivity index (χ1v) is 15.1. The lowest BCUT2D eigenvalue weighted by Gasteiger charge is -2.55. The number of piperidine rings is 1. The van der Waals surface area contributed by atoms with Gasteiger partial charge in [-0.05, 0) is 69.3 Å². The molecule has 37 heavy (non-hydrogen) atoms. The van der Waals surface area contributed by atoms with Crippen LogP contribution in [0.25, 0.3) is 10.6 Å². The highest BCUT2D eigenvalue weighted by Crippen LogP contribution is 2.34. The number of nitrogens with one attached hydrogen (secondary N) is 1. The summed E-state index contributed by atoms with van der Waals surface area (Å²) < 4.78 is 0. The second-order valence-corrected chi connectivity index (χ2v) is 12.2. The summed E-state index contributed by atoms with van der Waals surface area (Å²) in [6, 6.07) is 13.6. The van der Waals surface area contributed by atoms with Gasteiger partial charge in [0.1, 0.15) is 5.82 Å². The summed E-state index contributed by atoms with van der Waals surface area (Å²) in [7, 11) is 0. The number of thiazole rings is 2. The second kappa shape index (κ2) is 11.2. The van der Waals surface area contributed by atoms with Crippen LogP contribution in [0.15, 0.2) is 52.9 Å². The van der Waals surface area contributed by atoms with Crippen molar-refractivity contribution in [1.29, 1.82) is 0 Å². The Hall–Kier alpha value is -2.95. The number of hydrogen-bond donors (Lipinski definition) is 1. The third kappa shape index (κ3) is 5.81. The van der Waals surface area contributed by atoms with Crippen molar-refractivity contribution in [1.82, 2.24) is 19.9 Å². The van der Waals surface area contributed by atoms with Gasteiger partial charge in [-0.1, -0.05) is 6.07 Å². The van der Waals surface area contributed by atoms with Gasteiger partial charge >= 0.3 is 0 Å². The molecule has 6 heterocycles. The number of amides is 1. The van der Waals surface area contributed by atoms with Gasteiger partial charge in [-0.2, -0.15) is 0 Å². The predicted molar refractivity (Wildman–Crippen MR) is 155 cm³/mol. The molecule has 7 rings (SSSR count). The average Bonchev–Trinajstić information content (AvgIpc) is 3.51. The first-order chi connectivity index (χ1) is 17.9. The highest BCUT2D eigenvalue weighted by molar-refractivity contribution is 7.98. The number of piperazine rings is 1. The van der Waals surface area contributed by atoms with Crippen LogP contribution >= 0.6 is 34.4 Å². The van der Waals surface area contributed by atoms with E-state index in [9.17, 15) is 4.79 Å². The number of carbonyl (C=O) groups is 1. The molecule has 192 valence electrons. The minimum atomic E-state index is 0.437. The Bertz CT molecular complexity index is 1340. The second-order valence-electron chi connectivity index (χ2n) is 9.23. The topological polar surface area (TPSA) is 74.2 Å². The molecule has 1 amide bonds. The van der Waals surface area contributed by atoms with Gasteiger partial charge < -0.3 is 15.1 Å². The molecule has 2 bridgehead atoms. The minimum absolute atomic E-state index is 0.437. The summed E-state index contributed by atoms with van der Waals surface area (Å²) in [4.78, 5) is 31.0. The number of anilines is 3. The van der Waals surface area contributed by atoms with E-state index in [1.54, 1.807) is 34.4 Å². The number of benzene rings is 1. The van der Waals surface area contributed by atoms with E-state index in [0.717, 1.165) is 57.3 Å². The number of rotatable bonds is 6. The van der Waals surface area contributed by atoms with Crippen LogP contribution in [0.2, 0.25) is 0 Å². The summed E-state index contributed by atoms with van der Waals surface area (Å²) in [6.45, 7) is 8.02. The molecule has 10 heteroatoms. The van der Waals surface area contributed by atoms with Gasteiger partial charge in [-0.15, -0.1) is 34.4 Å². The molecular formula is C27H30N6OS3. The molecule has 2 atom stereocenters. The van der Waals surface area contributed by atoms with Crippen LogP contribution in [0.4, 0.5) is 16.6 Å². The Morgan fingerprint density at radius 2 is 1.81 bits per heavy atom. The molecular weight excluding hydrogens is 521 g/mol. The van der Waals surface area contributed by atoms with Crippen molar-refractivity contribution < 1.29 is 4.79 Å². The van der Waals surface area contributed by atoms with Crippen molar-refractivity contribution in [2.75, 3.05) is 29.6 Å². The predicted octanol–water partition coefficient (Wildman–Crippen LogP) is 6.16. The zero-order chi connectivity index (χ0) is 25.9. The molecule has 3 fully saturated rings. The fraction of sp³-hybridized carbons (Fsp3) is 0.333. The molecule has 0 radical (unpaired) electrons. The molecule has 3 aliphatic rings. The lowest BCUT2D eigenvalue weighted by Crippen LogP contribution is -2.68. The average molecular weight is 551 g/mol. The summed E-state index contributed by atoms with van der Waals surface area (Å²) in [5.74, 6) is 0.814. The quantitative estimate of drug-likeness (QED) is 0.228. The van der Waals surface area contributed by atoms with E-state index in [1.165, 1.54) is 17.0 Å². The Balaban J connectivity index is 0.000000153. The third-order valence-corrected chi connectivity index (χ3v) is 9.19. The van der Waals surface area contributed by atoms with E-state index in [1.807, 2.05) is 44.0 Å². The van der Waals surface area contributed by atoms with Gasteiger partial charge in [0, 0.05) is 35.2 Å². The summed E-state index contributed by atoms with van der Waals surface area (Å²) >= 11 is 5.02. The van der Waals surface area contributed by atoms with E-state index in [2.05, 4.69) is 61.1 Å². The maximum atomic E-state index is 10.8. The minimum Gasteiger partial charge on any atom is -0.367 e. The van der Waals surface area contributed by atoms with Crippen molar-refractivity contribution in [2.45, 2.75) is 44.2 Å². The number of thioether (sulfide) groups is 1. The Labute approximate surface area is 230 Å². The van der Waals surface area contributed by atoms with Crippen LogP contribution in [0.1, 0.15) is 22.7 Å². The number of hydrogen-bond acceptors (Lipinski definition) is 9. The molecule has 1 aromatic carbocycles. The fourth-order valence-corrected chi connectivity index (χ4v) is 6.74. The molecule has 3 saturated heterocycles. The lowest BCUT2D eigenvalue weighted by atomic mass is 9.88. The van der Waals surface area contributed by atoms with Gasteiger partial charge in [0.05, 0.1) is 33.4 Å². The van der Waals surface area contributed by atoms with E-state index in [4.69, 9.17) is 0 Å². The van der Waals surface area contributed by atoms with E-state index in [0.29, 0.717) is 12.1 Å². The fourth-order valence-electron chi connectivity index (χ4n) is 4.67. The van der Waals surface area contributed by atoms with E-state index >= 15 is 0 Å². The normalized spacial score (nSPS) is 18.1. The molecule has 0 unspecified atom stereocenters. The highest BCUT2D eigenvalue weighted by Gasteiger charge is 2.43. The SMILES string of the molecule is CSc1ccc(N2C[C@H]3C[C@@H](C2)N3C=O)cc1.Cc1ccc(Nc2nc(-c3sc(C)nc3C)cs2)nc1. The summed E-state index contributed by atoms with van der Waals surface area (Å²) in [5.41, 5.74) is 4.44. The molecule has 0 spiro atoms. The monoisotopic (exact) mass is 550 g/mol. The molecule has 7 nitrogen and oxygen atoms in total. The van der Waals surface area contributed by atoms with Gasteiger partial charge in [-0.3, -0.25) is 4.79 Å². The number of carbonyl (C=O) groups excluding carboxylic acids is 1. The van der Waals surface area contributed by atoms with Crippen molar-refractivity contribution in [3.05, 3.63) is 64.2 Å². The van der Waals surface area contributed by atoms with Crippen molar-refractivity contribution in [3.8, 4) is 10.6 Å². The number of fused-ring (bicyclic) bond motifs is 2. The molecule has 3 aliphatic heterocycles. The van der Waals surface area contributed by atoms with Crippen LogP contribution < -0.4 is 10.2 Å². The first-order valence-electron chi connectivity index (χ1n) is 12.1. The molecule has 3 aromatic heterocycles. The maximum Gasteiger partial charge on any atom is 0.210 e. The van der Waals surface area contributed by atoms with Crippen molar-refractivity contribution in [2.24, 2.45) is 0 Å². The number of pyridine rings is 1. The van der Waals surface area contributed by atoms with Crippen molar-refractivity contribution >= 4 is 57.5 Å². The van der Waals surface area contributed by atoms with Gasteiger partial charge in [-0.25, -0.2) is 15.0 Å². The third-order valence-electron chi connectivity index (χ3n) is 6.60. The summed E-state index contributed by atoms with van der Waals surface area (Å²) in [6.07, 6.45) is 6.12. The lowest BCUT2D eigenvalue weighted by molar-refractivity contribution is -0.131. The van der Waals surface area contributed by atoms with Crippen LogP contribution in [-0.4, -0.2) is 57.7 Å². The van der Waals surface area contributed by atoms with Crippen LogP contribution in [0.5, 0.6) is 0 Å². The Morgan fingerprint density at radius 3 is 2.41 bits per heavy atom. The number of nitrogens with zero attached hydrogens (tertiary/aromatic N) is 5. The number of aryl methyl sites for hydroxylation is 3.